The highest BCUT2D eigenvalue weighted by molar-refractivity contribution is 5.69. The van der Waals surface area contributed by atoms with Crippen molar-refractivity contribution in [3.8, 4) is 0 Å². The highest BCUT2D eigenvalue weighted by Gasteiger charge is 2.21. The number of carbonyl (C=O) groups excluding carboxylic acids is 1. The van der Waals surface area contributed by atoms with E-state index < -0.39 is 5.97 Å². The van der Waals surface area contributed by atoms with Crippen LogP contribution in [0.4, 0.5) is 0 Å². The summed E-state index contributed by atoms with van der Waals surface area (Å²) in [4.78, 5) is 24.3. The maximum atomic E-state index is 11.3. The fourth-order valence-electron chi connectivity index (χ4n) is 3.01. The van der Waals surface area contributed by atoms with E-state index in [1.54, 1.807) is 0 Å². The van der Waals surface area contributed by atoms with Gasteiger partial charge in [0.25, 0.3) is 0 Å². The van der Waals surface area contributed by atoms with Gasteiger partial charge in [-0.05, 0) is 45.2 Å². The number of hydrogen-bond acceptors (Lipinski definition) is 4. The first-order valence-corrected chi connectivity index (χ1v) is 8.16. The maximum Gasteiger partial charge on any atom is 0.305 e. The molecule has 1 atom stereocenters. The molecule has 1 heterocycles. The molecule has 0 aliphatic carbocycles. The van der Waals surface area contributed by atoms with Crippen LogP contribution in [0.25, 0.3) is 0 Å². The molecule has 0 spiro atoms. The van der Waals surface area contributed by atoms with Crippen molar-refractivity contribution in [1.82, 2.24) is 4.90 Å². The first kappa shape index (κ1) is 18.0. The first-order valence-electron chi connectivity index (χ1n) is 8.16. The predicted molar refractivity (Wildman–Crippen MR) is 81.2 cm³/mol. The minimum atomic E-state index is -0.715. The predicted octanol–water partition coefficient (Wildman–Crippen LogP) is 2.83. The van der Waals surface area contributed by atoms with Crippen LogP contribution >= 0.6 is 0 Å². The number of carbonyl (C=O) groups is 2. The van der Waals surface area contributed by atoms with Crippen LogP contribution < -0.4 is 0 Å². The molecule has 0 amide bonds. The molecule has 0 bridgehead atoms. The summed E-state index contributed by atoms with van der Waals surface area (Å²) in [7, 11) is 1.43. The number of piperidine rings is 1. The first-order chi connectivity index (χ1) is 10.1. The number of ether oxygens (including phenoxy) is 1. The van der Waals surface area contributed by atoms with Gasteiger partial charge in [0, 0.05) is 18.9 Å². The van der Waals surface area contributed by atoms with Gasteiger partial charge in [-0.15, -0.1) is 0 Å². The van der Waals surface area contributed by atoms with Gasteiger partial charge in [-0.1, -0.05) is 19.3 Å². The lowest BCUT2D eigenvalue weighted by Gasteiger charge is -2.34. The molecule has 21 heavy (non-hydrogen) atoms. The van der Waals surface area contributed by atoms with E-state index in [-0.39, 0.29) is 12.4 Å². The van der Waals surface area contributed by atoms with Crippen molar-refractivity contribution in [3.63, 3.8) is 0 Å². The van der Waals surface area contributed by atoms with Gasteiger partial charge >= 0.3 is 11.9 Å². The Bertz CT molecular complexity index is 313. The van der Waals surface area contributed by atoms with Gasteiger partial charge in [-0.2, -0.15) is 0 Å². The van der Waals surface area contributed by atoms with Crippen molar-refractivity contribution < 1.29 is 19.4 Å². The normalized spacial score (nSPS) is 17.4. The summed E-state index contributed by atoms with van der Waals surface area (Å²) in [5.41, 5.74) is 0. The van der Waals surface area contributed by atoms with Gasteiger partial charge < -0.3 is 14.7 Å². The smallest absolute Gasteiger partial charge is 0.305 e. The van der Waals surface area contributed by atoms with Gasteiger partial charge in [0.1, 0.15) is 0 Å². The highest BCUT2D eigenvalue weighted by atomic mass is 16.5. The van der Waals surface area contributed by atoms with Crippen molar-refractivity contribution in [2.75, 3.05) is 20.2 Å². The van der Waals surface area contributed by atoms with Gasteiger partial charge in [-0.3, -0.25) is 9.59 Å². The quantitative estimate of drug-likeness (QED) is 0.496. The average molecular weight is 299 g/mol. The van der Waals surface area contributed by atoms with E-state index in [1.807, 2.05) is 0 Å². The Hall–Kier alpha value is -1.10. The van der Waals surface area contributed by atoms with Crippen molar-refractivity contribution in [1.29, 1.82) is 0 Å². The number of methoxy groups -OCH3 is 1. The molecule has 0 aromatic heterocycles. The van der Waals surface area contributed by atoms with Gasteiger partial charge in [0.15, 0.2) is 0 Å². The van der Waals surface area contributed by atoms with Crippen molar-refractivity contribution in [2.45, 2.75) is 70.3 Å². The van der Waals surface area contributed by atoms with E-state index in [2.05, 4.69) is 4.90 Å². The summed E-state index contributed by atoms with van der Waals surface area (Å²) in [5, 5.41) is 8.64. The molecule has 1 rings (SSSR count). The molecular weight excluding hydrogens is 270 g/mol. The summed E-state index contributed by atoms with van der Waals surface area (Å²) in [6.07, 6.45) is 9.18. The number of aliphatic carboxylic acids is 1. The molecule has 5 nitrogen and oxygen atoms in total. The molecule has 1 saturated heterocycles. The minimum absolute atomic E-state index is 0.136. The Morgan fingerprint density at radius 1 is 1.05 bits per heavy atom. The van der Waals surface area contributed by atoms with E-state index in [4.69, 9.17) is 9.84 Å². The number of hydrogen-bond donors (Lipinski definition) is 1. The van der Waals surface area contributed by atoms with Gasteiger partial charge in [-0.25, -0.2) is 0 Å². The Labute approximate surface area is 127 Å². The molecule has 122 valence electrons. The lowest BCUT2D eigenvalue weighted by atomic mass is 9.99. The van der Waals surface area contributed by atoms with E-state index >= 15 is 0 Å². The molecule has 0 saturated carbocycles. The topological polar surface area (TPSA) is 66.8 Å². The molecule has 0 radical (unpaired) electrons. The molecular formula is C16H29NO4. The second kappa shape index (κ2) is 10.6. The summed E-state index contributed by atoms with van der Waals surface area (Å²) in [6.45, 7) is 2.25. The second-order valence-electron chi connectivity index (χ2n) is 5.86. The van der Waals surface area contributed by atoms with Crippen LogP contribution in [0.1, 0.15) is 64.2 Å². The van der Waals surface area contributed by atoms with Crippen LogP contribution in [0.15, 0.2) is 0 Å². The molecule has 1 unspecified atom stereocenters. The Balaban J connectivity index is 2.32. The Morgan fingerprint density at radius 2 is 1.76 bits per heavy atom. The largest absolute Gasteiger partial charge is 0.481 e. The maximum absolute atomic E-state index is 11.3. The number of esters is 1. The summed E-state index contributed by atoms with van der Waals surface area (Å²) < 4.78 is 4.73. The average Bonchev–Trinajstić information content (AvgIpc) is 2.50. The van der Waals surface area contributed by atoms with Gasteiger partial charge in [0.2, 0.25) is 0 Å². The number of carboxylic acids is 1. The third kappa shape index (κ3) is 8.05. The minimum Gasteiger partial charge on any atom is -0.481 e. The fourth-order valence-corrected chi connectivity index (χ4v) is 3.01. The number of likely N-dealkylation sites (tertiary alicyclic amines) is 1. The second-order valence-corrected chi connectivity index (χ2v) is 5.86. The van der Waals surface area contributed by atoms with Crippen molar-refractivity contribution in [2.24, 2.45) is 0 Å². The molecule has 0 aromatic carbocycles. The van der Waals surface area contributed by atoms with E-state index in [0.29, 0.717) is 12.5 Å². The summed E-state index contributed by atoms with van der Waals surface area (Å²) >= 11 is 0. The van der Waals surface area contributed by atoms with Crippen molar-refractivity contribution >= 4 is 11.9 Å². The summed E-state index contributed by atoms with van der Waals surface area (Å²) in [5.74, 6) is -0.851. The number of nitrogens with zero attached hydrogens (tertiary/aromatic N) is 1. The molecule has 1 fully saturated rings. The van der Waals surface area contributed by atoms with Crippen LogP contribution in [0.5, 0.6) is 0 Å². The van der Waals surface area contributed by atoms with E-state index in [9.17, 15) is 9.59 Å². The number of rotatable bonds is 10. The van der Waals surface area contributed by atoms with Gasteiger partial charge in [0.05, 0.1) is 7.11 Å². The van der Waals surface area contributed by atoms with Crippen LogP contribution in [0.2, 0.25) is 0 Å². The molecule has 1 aliphatic rings. The molecule has 5 heteroatoms. The van der Waals surface area contributed by atoms with Crippen LogP contribution in [-0.2, 0) is 14.3 Å². The monoisotopic (exact) mass is 299 g/mol. The van der Waals surface area contributed by atoms with Crippen LogP contribution in [0, 0.1) is 0 Å². The van der Waals surface area contributed by atoms with Crippen LogP contribution in [0.3, 0.4) is 0 Å². The fraction of sp³-hybridized carbons (Fsp3) is 0.875. The molecule has 1 N–H and O–H groups in total. The third-order valence-corrected chi connectivity index (χ3v) is 4.24. The number of carboxylic acid groups (broad SMARTS) is 1. The SMILES string of the molecule is COC(=O)CCC(CCCCCC(=O)O)N1CCCCC1. The zero-order valence-corrected chi connectivity index (χ0v) is 13.2. The zero-order valence-electron chi connectivity index (χ0n) is 13.2. The third-order valence-electron chi connectivity index (χ3n) is 4.24. The van der Waals surface area contributed by atoms with Crippen LogP contribution in [-0.4, -0.2) is 48.2 Å². The van der Waals surface area contributed by atoms with E-state index in [0.717, 1.165) is 45.2 Å². The lowest BCUT2D eigenvalue weighted by Crippen LogP contribution is -2.39. The summed E-state index contributed by atoms with van der Waals surface area (Å²) in [6, 6.07) is 0.439. The lowest BCUT2D eigenvalue weighted by molar-refractivity contribution is -0.141. The molecule has 0 aromatic rings. The highest BCUT2D eigenvalue weighted by Crippen LogP contribution is 2.20. The molecule has 1 aliphatic heterocycles. The standard InChI is InChI=1S/C16H29NO4/c1-21-16(20)11-10-14(17-12-6-3-7-13-17)8-4-2-5-9-15(18)19/h14H,2-13H2,1H3,(H,18,19). The Morgan fingerprint density at radius 3 is 2.38 bits per heavy atom. The van der Waals surface area contributed by atoms with E-state index in [1.165, 1.54) is 26.4 Å². The zero-order chi connectivity index (χ0) is 15.5. The van der Waals surface area contributed by atoms with Crippen molar-refractivity contribution in [3.05, 3.63) is 0 Å². The number of unbranched alkanes of at least 4 members (excludes halogenated alkanes) is 2. The Kier molecular flexibility index (Phi) is 9.06.